The van der Waals surface area contributed by atoms with E-state index < -0.39 is 6.09 Å². The van der Waals surface area contributed by atoms with Crippen LogP contribution in [0.5, 0.6) is 0 Å². The van der Waals surface area contributed by atoms with Gasteiger partial charge in [0.1, 0.15) is 5.82 Å². The second kappa shape index (κ2) is 7.08. The third-order valence-electron chi connectivity index (χ3n) is 4.28. The van der Waals surface area contributed by atoms with E-state index in [1.165, 1.54) is 11.1 Å². The summed E-state index contributed by atoms with van der Waals surface area (Å²) in [6.45, 7) is 1.30. The number of carboxylic acid groups (broad SMARTS) is 1. The maximum Gasteiger partial charge on any atom is 0.407 e. The molecular weight excluding hydrogens is 322 g/mol. The molecule has 3 rings (SSSR count). The van der Waals surface area contributed by atoms with Crippen molar-refractivity contribution in [3.05, 3.63) is 59.8 Å². The number of amidine groups is 1. The molecule has 130 valence electrons. The fourth-order valence-electron chi connectivity index (χ4n) is 2.96. The molecule has 1 aromatic carbocycles. The minimum absolute atomic E-state index is 0.00523. The second-order valence-electron chi connectivity index (χ2n) is 5.74. The predicted octanol–water partition coefficient (Wildman–Crippen LogP) is 1.72. The Kier molecular flexibility index (Phi) is 4.69. The topological polar surface area (TPSA) is 115 Å². The number of oxime groups is 1. The van der Waals surface area contributed by atoms with Gasteiger partial charge in [0.05, 0.1) is 6.04 Å². The highest BCUT2D eigenvalue weighted by Crippen LogP contribution is 2.29. The van der Waals surface area contributed by atoms with Gasteiger partial charge >= 0.3 is 6.09 Å². The Hall–Kier alpha value is -3.29. The van der Waals surface area contributed by atoms with Crippen LogP contribution >= 0.6 is 0 Å². The van der Waals surface area contributed by atoms with E-state index in [0.29, 0.717) is 31.0 Å². The van der Waals surface area contributed by atoms with Gasteiger partial charge in [-0.25, -0.2) is 9.78 Å². The number of hydrogen-bond acceptors (Lipinski definition) is 5. The first-order chi connectivity index (χ1) is 12.1. The van der Waals surface area contributed by atoms with Gasteiger partial charge in [0.25, 0.3) is 0 Å². The van der Waals surface area contributed by atoms with Crippen molar-refractivity contribution in [2.45, 2.75) is 6.04 Å². The van der Waals surface area contributed by atoms with Gasteiger partial charge in [-0.3, -0.25) is 0 Å². The Bertz CT molecular complexity index is 764. The number of hydrogen-bond donors (Lipinski definition) is 3. The van der Waals surface area contributed by atoms with Crippen molar-refractivity contribution in [2.75, 3.05) is 24.5 Å². The maximum absolute atomic E-state index is 11.4. The summed E-state index contributed by atoms with van der Waals surface area (Å²) in [6.07, 6.45) is 0.617. The van der Waals surface area contributed by atoms with Crippen molar-refractivity contribution in [2.24, 2.45) is 10.9 Å². The van der Waals surface area contributed by atoms with Gasteiger partial charge in [0.2, 0.25) is 0 Å². The Morgan fingerprint density at radius 2 is 1.96 bits per heavy atom. The minimum atomic E-state index is -0.921. The normalized spacial score (nSPS) is 18.2. The van der Waals surface area contributed by atoms with Crippen LogP contribution in [0.2, 0.25) is 0 Å². The Balaban J connectivity index is 1.91. The van der Waals surface area contributed by atoms with Crippen molar-refractivity contribution in [3.63, 3.8) is 0 Å². The van der Waals surface area contributed by atoms with E-state index >= 15 is 0 Å². The van der Waals surface area contributed by atoms with Crippen molar-refractivity contribution in [3.8, 4) is 0 Å². The van der Waals surface area contributed by atoms with Gasteiger partial charge in [0.15, 0.2) is 5.84 Å². The van der Waals surface area contributed by atoms with Gasteiger partial charge in [-0.15, -0.1) is 0 Å². The Labute approximate surface area is 144 Å². The summed E-state index contributed by atoms with van der Waals surface area (Å²) in [7, 11) is 0. The van der Waals surface area contributed by atoms with Crippen LogP contribution in [0.25, 0.3) is 0 Å². The van der Waals surface area contributed by atoms with Crippen LogP contribution < -0.4 is 10.6 Å². The molecule has 1 amide bonds. The van der Waals surface area contributed by atoms with Crippen LogP contribution in [-0.2, 0) is 0 Å². The van der Waals surface area contributed by atoms with Crippen LogP contribution in [-0.4, -0.2) is 51.8 Å². The summed E-state index contributed by atoms with van der Waals surface area (Å²) < 4.78 is 0. The maximum atomic E-state index is 11.4. The smallest absolute Gasteiger partial charge is 0.407 e. The molecule has 0 saturated carbocycles. The van der Waals surface area contributed by atoms with Gasteiger partial charge in [-0.2, -0.15) is 0 Å². The third-order valence-corrected chi connectivity index (χ3v) is 4.28. The summed E-state index contributed by atoms with van der Waals surface area (Å²) in [5, 5.41) is 21.0. The molecule has 1 aromatic heterocycles. The zero-order valence-corrected chi connectivity index (χ0v) is 13.5. The molecule has 0 spiro atoms. The summed E-state index contributed by atoms with van der Waals surface area (Å²) >= 11 is 0. The molecule has 1 fully saturated rings. The monoisotopic (exact) mass is 341 g/mol. The number of nitrogens with zero attached hydrogens (tertiary/aromatic N) is 4. The van der Waals surface area contributed by atoms with Crippen molar-refractivity contribution in [1.29, 1.82) is 0 Å². The van der Waals surface area contributed by atoms with E-state index in [1.807, 2.05) is 30.3 Å². The van der Waals surface area contributed by atoms with Gasteiger partial charge in [-0.05, 0) is 17.7 Å². The van der Waals surface area contributed by atoms with E-state index in [4.69, 9.17) is 10.9 Å². The Morgan fingerprint density at radius 3 is 2.56 bits per heavy atom. The summed E-state index contributed by atoms with van der Waals surface area (Å²) in [6, 6.07) is 13.1. The molecule has 0 radical (unpaired) electrons. The van der Waals surface area contributed by atoms with E-state index in [0.717, 1.165) is 5.56 Å². The fourth-order valence-corrected chi connectivity index (χ4v) is 2.96. The van der Waals surface area contributed by atoms with Crippen LogP contribution in [0.15, 0.2) is 53.8 Å². The van der Waals surface area contributed by atoms with E-state index in [-0.39, 0.29) is 11.9 Å². The van der Waals surface area contributed by atoms with E-state index in [2.05, 4.69) is 15.0 Å². The number of benzene rings is 1. The van der Waals surface area contributed by atoms with Crippen LogP contribution in [0, 0.1) is 0 Å². The lowest BCUT2D eigenvalue weighted by Gasteiger charge is -2.41. The third kappa shape index (κ3) is 3.47. The Morgan fingerprint density at radius 1 is 1.20 bits per heavy atom. The molecule has 1 unspecified atom stereocenters. The fraction of sp³-hybridized carbons (Fsp3) is 0.235. The van der Waals surface area contributed by atoms with Crippen LogP contribution in [0.1, 0.15) is 17.2 Å². The average Bonchev–Trinajstić information content (AvgIpc) is 2.67. The molecule has 1 saturated heterocycles. The highest BCUT2D eigenvalue weighted by atomic mass is 16.4. The van der Waals surface area contributed by atoms with Gasteiger partial charge < -0.3 is 25.8 Å². The average molecular weight is 341 g/mol. The minimum Gasteiger partial charge on any atom is -0.465 e. The summed E-state index contributed by atoms with van der Waals surface area (Å²) in [5.74, 6) is 0.711. The summed E-state index contributed by atoms with van der Waals surface area (Å²) in [5.41, 5.74) is 7.11. The molecule has 8 nitrogen and oxygen atoms in total. The standard InChI is InChI=1S/C17H19N5O3/c18-16(20-25)13-6-7-15(19-10-13)22-9-8-21(17(23)24)11-14(22)12-4-2-1-3-5-12/h1-7,10,14,25H,8-9,11H2,(H2,18,20)(H,23,24). The largest absolute Gasteiger partial charge is 0.465 e. The first-order valence-electron chi connectivity index (χ1n) is 7.83. The lowest BCUT2D eigenvalue weighted by Crippen LogP contribution is -2.50. The first kappa shape index (κ1) is 16.6. The molecule has 0 bridgehead atoms. The molecule has 8 heteroatoms. The SMILES string of the molecule is NC(=NO)c1ccc(N2CCN(C(=O)O)CC2c2ccccc2)nc1. The number of piperazine rings is 1. The molecule has 2 aromatic rings. The number of amides is 1. The molecule has 25 heavy (non-hydrogen) atoms. The van der Waals surface area contributed by atoms with Gasteiger partial charge in [-0.1, -0.05) is 35.5 Å². The number of carbonyl (C=O) groups is 1. The molecule has 2 heterocycles. The number of pyridine rings is 1. The molecule has 1 aliphatic rings. The number of nitrogens with two attached hydrogens (primary N) is 1. The zero-order chi connectivity index (χ0) is 17.8. The van der Waals surface area contributed by atoms with Crippen molar-refractivity contribution >= 4 is 17.7 Å². The lowest BCUT2D eigenvalue weighted by atomic mass is 10.0. The lowest BCUT2D eigenvalue weighted by molar-refractivity contribution is 0.134. The van der Waals surface area contributed by atoms with Crippen molar-refractivity contribution in [1.82, 2.24) is 9.88 Å². The molecule has 4 N–H and O–H groups in total. The molecule has 1 aliphatic heterocycles. The van der Waals surface area contributed by atoms with Crippen LogP contribution in [0.4, 0.5) is 10.6 Å². The predicted molar refractivity (Wildman–Crippen MR) is 92.9 cm³/mol. The van der Waals surface area contributed by atoms with E-state index in [1.54, 1.807) is 12.1 Å². The molecule has 0 aliphatic carbocycles. The zero-order valence-electron chi connectivity index (χ0n) is 13.5. The second-order valence-corrected chi connectivity index (χ2v) is 5.74. The summed E-state index contributed by atoms with van der Waals surface area (Å²) in [4.78, 5) is 19.3. The first-order valence-corrected chi connectivity index (χ1v) is 7.83. The molecule has 1 atom stereocenters. The van der Waals surface area contributed by atoms with Gasteiger partial charge in [0, 0.05) is 31.4 Å². The molecular formula is C17H19N5O3. The van der Waals surface area contributed by atoms with E-state index in [9.17, 15) is 9.90 Å². The number of anilines is 1. The highest BCUT2D eigenvalue weighted by Gasteiger charge is 2.31. The number of rotatable bonds is 3. The van der Waals surface area contributed by atoms with Crippen molar-refractivity contribution < 1.29 is 15.1 Å². The highest BCUT2D eigenvalue weighted by molar-refractivity contribution is 5.96. The quantitative estimate of drug-likeness (QED) is 0.339. The van der Waals surface area contributed by atoms with Crippen LogP contribution in [0.3, 0.4) is 0 Å². The number of aromatic nitrogens is 1.